The molecule has 0 aliphatic carbocycles. The Morgan fingerprint density at radius 1 is 1.44 bits per heavy atom. The SMILES string of the molecule is CCCCOCCN1CNC(C)(CC)C1=O. The van der Waals surface area contributed by atoms with E-state index in [9.17, 15) is 4.79 Å². The molecule has 1 rings (SSSR count). The van der Waals surface area contributed by atoms with Crippen LogP contribution in [0.15, 0.2) is 0 Å². The van der Waals surface area contributed by atoms with Gasteiger partial charge in [-0.05, 0) is 19.8 Å². The van der Waals surface area contributed by atoms with Gasteiger partial charge in [-0.2, -0.15) is 0 Å². The van der Waals surface area contributed by atoms with Crippen molar-refractivity contribution < 1.29 is 9.53 Å². The summed E-state index contributed by atoms with van der Waals surface area (Å²) in [6.45, 7) is 8.94. The van der Waals surface area contributed by atoms with E-state index in [-0.39, 0.29) is 11.4 Å². The average Bonchev–Trinajstić information content (AvgIpc) is 2.58. The minimum atomic E-state index is -0.358. The molecule has 0 aromatic rings. The van der Waals surface area contributed by atoms with Crippen LogP contribution >= 0.6 is 0 Å². The summed E-state index contributed by atoms with van der Waals surface area (Å²) in [5.74, 6) is 0.203. The lowest BCUT2D eigenvalue weighted by molar-refractivity contribution is -0.132. The zero-order chi connectivity index (χ0) is 12.0. The summed E-state index contributed by atoms with van der Waals surface area (Å²) in [6.07, 6.45) is 3.08. The van der Waals surface area contributed by atoms with Gasteiger partial charge in [0.15, 0.2) is 0 Å². The number of carbonyl (C=O) groups is 1. The normalized spacial score (nSPS) is 25.4. The number of hydrogen-bond donors (Lipinski definition) is 1. The Morgan fingerprint density at radius 3 is 2.75 bits per heavy atom. The summed E-state index contributed by atoms with van der Waals surface area (Å²) in [5.41, 5.74) is -0.358. The van der Waals surface area contributed by atoms with Crippen LogP contribution in [0, 0.1) is 0 Å². The summed E-state index contributed by atoms with van der Waals surface area (Å²) in [6, 6.07) is 0. The number of rotatable bonds is 7. The maximum Gasteiger partial charge on any atom is 0.243 e. The van der Waals surface area contributed by atoms with Crippen molar-refractivity contribution in [2.75, 3.05) is 26.4 Å². The molecule has 0 bridgehead atoms. The first kappa shape index (κ1) is 13.5. The van der Waals surface area contributed by atoms with E-state index in [0.29, 0.717) is 19.8 Å². The molecule has 0 aromatic heterocycles. The molecule has 0 spiro atoms. The predicted molar refractivity (Wildman–Crippen MR) is 64.1 cm³/mol. The maximum atomic E-state index is 12.0. The van der Waals surface area contributed by atoms with Crippen molar-refractivity contribution in [2.24, 2.45) is 0 Å². The molecule has 1 fully saturated rings. The van der Waals surface area contributed by atoms with Gasteiger partial charge in [0.05, 0.1) is 18.8 Å². The van der Waals surface area contributed by atoms with E-state index in [4.69, 9.17) is 4.74 Å². The molecule has 4 heteroatoms. The van der Waals surface area contributed by atoms with Gasteiger partial charge in [0.2, 0.25) is 5.91 Å². The lowest BCUT2D eigenvalue weighted by atomic mass is 9.99. The fourth-order valence-corrected chi connectivity index (χ4v) is 1.75. The number of amides is 1. The summed E-state index contributed by atoms with van der Waals surface area (Å²) in [4.78, 5) is 13.8. The Morgan fingerprint density at radius 2 is 2.19 bits per heavy atom. The van der Waals surface area contributed by atoms with E-state index < -0.39 is 0 Å². The Hall–Kier alpha value is -0.610. The third-order valence-electron chi connectivity index (χ3n) is 3.27. The Kier molecular flexibility index (Phi) is 5.22. The molecule has 0 radical (unpaired) electrons. The number of hydrogen-bond acceptors (Lipinski definition) is 3. The highest BCUT2D eigenvalue weighted by atomic mass is 16.5. The van der Waals surface area contributed by atoms with Gasteiger partial charge in [-0.3, -0.25) is 10.1 Å². The summed E-state index contributed by atoms with van der Waals surface area (Å²) in [5, 5.41) is 3.26. The van der Waals surface area contributed by atoms with Gasteiger partial charge in [-0.1, -0.05) is 20.3 Å². The van der Waals surface area contributed by atoms with Crippen LogP contribution in [0.2, 0.25) is 0 Å². The molecular weight excluding hydrogens is 204 g/mol. The molecule has 1 saturated heterocycles. The van der Waals surface area contributed by atoms with Gasteiger partial charge < -0.3 is 9.64 Å². The van der Waals surface area contributed by atoms with Crippen LogP contribution < -0.4 is 5.32 Å². The quantitative estimate of drug-likeness (QED) is 0.669. The number of nitrogens with one attached hydrogen (secondary N) is 1. The minimum Gasteiger partial charge on any atom is -0.380 e. The molecule has 1 aliphatic heterocycles. The van der Waals surface area contributed by atoms with Crippen molar-refractivity contribution in [1.29, 1.82) is 0 Å². The molecule has 1 unspecified atom stereocenters. The molecule has 94 valence electrons. The first-order chi connectivity index (χ1) is 7.64. The monoisotopic (exact) mass is 228 g/mol. The van der Waals surface area contributed by atoms with Crippen molar-refractivity contribution in [3.05, 3.63) is 0 Å². The van der Waals surface area contributed by atoms with Crippen molar-refractivity contribution >= 4 is 5.91 Å². The van der Waals surface area contributed by atoms with Crippen molar-refractivity contribution in [1.82, 2.24) is 10.2 Å². The van der Waals surface area contributed by atoms with Crippen molar-refractivity contribution in [3.8, 4) is 0 Å². The van der Waals surface area contributed by atoms with Crippen molar-refractivity contribution in [2.45, 2.75) is 45.6 Å². The van der Waals surface area contributed by atoms with Crippen LogP contribution in [0.3, 0.4) is 0 Å². The smallest absolute Gasteiger partial charge is 0.243 e. The van der Waals surface area contributed by atoms with Crippen LogP contribution in [0.25, 0.3) is 0 Å². The largest absolute Gasteiger partial charge is 0.380 e. The van der Waals surface area contributed by atoms with Gasteiger partial charge in [0, 0.05) is 13.2 Å². The molecule has 0 aromatic carbocycles. The zero-order valence-electron chi connectivity index (χ0n) is 10.7. The van der Waals surface area contributed by atoms with Crippen LogP contribution in [-0.4, -0.2) is 42.8 Å². The molecule has 1 amide bonds. The molecular formula is C12H24N2O2. The predicted octanol–water partition coefficient (Wildman–Crippen LogP) is 1.36. The van der Waals surface area contributed by atoms with Gasteiger partial charge in [0.1, 0.15) is 0 Å². The van der Waals surface area contributed by atoms with E-state index >= 15 is 0 Å². The fraction of sp³-hybridized carbons (Fsp3) is 0.917. The van der Waals surface area contributed by atoms with Crippen LogP contribution in [-0.2, 0) is 9.53 Å². The van der Waals surface area contributed by atoms with Crippen LogP contribution in [0.4, 0.5) is 0 Å². The standard InChI is InChI=1S/C12H24N2O2/c1-4-6-8-16-9-7-14-10-13-12(3,5-2)11(14)15/h13H,4-10H2,1-3H3. The highest BCUT2D eigenvalue weighted by Crippen LogP contribution is 2.18. The Labute approximate surface area is 98.3 Å². The molecule has 1 atom stereocenters. The molecule has 1 heterocycles. The van der Waals surface area contributed by atoms with Crippen molar-refractivity contribution in [3.63, 3.8) is 0 Å². The van der Waals surface area contributed by atoms with E-state index in [2.05, 4.69) is 12.2 Å². The van der Waals surface area contributed by atoms with Gasteiger partial charge >= 0.3 is 0 Å². The second kappa shape index (κ2) is 6.21. The fourth-order valence-electron chi connectivity index (χ4n) is 1.75. The summed E-state index contributed by atoms with van der Waals surface area (Å²) in [7, 11) is 0. The molecule has 1 aliphatic rings. The highest BCUT2D eigenvalue weighted by Gasteiger charge is 2.40. The van der Waals surface area contributed by atoms with Crippen LogP contribution in [0.5, 0.6) is 0 Å². The maximum absolute atomic E-state index is 12.0. The lowest BCUT2D eigenvalue weighted by Crippen LogP contribution is -2.43. The molecule has 0 saturated carbocycles. The van der Waals surface area contributed by atoms with Gasteiger partial charge in [0.25, 0.3) is 0 Å². The van der Waals surface area contributed by atoms with E-state index in [1.165, 1.54) is 0 Å². The van der Waals surface area contributed by atoms with E-state index in [1.54, 1.807) is 0 Å². The van der Waals surface area contributed by atoms with E-state index in [0.717, 1.165) is 25.9 Å². The lowest BCUT2D eigenvalue weighted by Gasteiger charge is -2.20. The first-order valence-electron chi connectivity index (χ1n) is 6.26. The first-order valence-corrected chi connectivity index (χ1v) is 6.26. The summed E-state index contributed by atoms with van der Waals surface area (Å²) >= 11 is 0. The number of nitrogens with zero attached hydrogens (tertiary/aromatic N) is 1. The Balaban J connectivity index is 2.22. The molecule has 16 heavy (non-hydrogen) atoms. The number of ether oxygens (including phenoxy) is 1. The number of carbonyl (C=O) groups excluding carboxylic acids is 1. The second-order valence-electron chi connectivity index (χ2n) is 4.56. The Bertz CT molecular complexity index is 233. The topological polar surface area (TPSA) is 41.6 Å². The van der Waals surface area contributed by atoms with Gasteiger partial charge in [-0.25, -0.2) is 0 Å². The van der Waals surface area contributed by atoms with Crippen LogP contribution in [0.1, 0.15) is 40.0 Å². The zero-order valence-corrected chi connectivity index (χ0v) is 10.7. The number of unbranched alkanes of at least 4 members (excludes halogenated alkanes) is 1. The third-order valence-corrected chi connectivity index (χ3v) is 3.27. The highest BCUT2D eigenvalue weighted by molar-refractivity contribution is 5.87. The molecule has 4 nitrogen and oxygen atoms in total. The molecule has 1 N–H and O–H groups in total. The average molecular weight is 228 g/mol. The third kappa shape index (κ3) is 3.19. The van der Waals surface area contributed by atoms with E-state index in [1.807, 2.05) is 18.7 Å². The van der Waals surface area contributed by atoms with Gasteiger partial charge in [-0.15, -0.1) is 0 Å². The summed E-state index contributed by atoms with van der Waals surface area (Å²) < 4.78 is 5.46. The minimum absolute atomic E-state index is 0.203. The second-order valence-corrected chi connectivity index (χ2v) is 4.56.